The molecule has 1 aromatic heterocycles. The van der Waals surface area contributed by atoms with Crippen LogP contribution in [0.2, 0.25) is 0 Å². The zero-order chi connectivity index (χ0) is 25.4. The molecule has 0 spiro atoms. The Morgan fingerprint density at radius 3 is 2.32 bits per heavy atom. The Bertz CT molecular complexity index is 1020. The number of benzene rings is 1. The summed E-state index contributed by atoms with van der Waals surface area (Å²) in [7, 11) is 0. The van der Waals surface area contributed by atoms with E-state index in [1.807, 2.05) is 38.1 Å². The van der Waals surface area contributed by atoms with Crippen LogP contribution >= 0.6 is 0 Å². The second kappa shape index (κ2) is 12.2. The number of aliphatic carboxylic acids is 1. The number of para-hydroxylation sites is 1. The molecule has 34 heavy (non-hydrogen) atoms. The smallest absolute Gasteiger partial charge is 0.326 e. The summed E-state index contributed by atoms with van der Waals surface area (Å²) in [4.78, 5) is 52.2. The normalized spacial score (nSPS) is 14.0. The van der Waals surface area contributed by atoms with Crippen LogP contribution in [0.15, 0.2) is 30.5 Å². The number of H-pyrrole nitrogens is 1. The molecule has 0 radical (unpaired) electrons. The number of carbonyl (C=O) groups is 4. The Kier molecular flexibility index (Phi) is 9.61. The van der Waals surface area contributed by atoms with Crippen LogP contribution in [0.5, 0.6) is 0 Å². The van der Waals surface area contributed by atoms with E-state index in [0.29, 0.717) is 6.42 Å². The van der Waals surface area contributed by atoms with E-state index in [0.717, 1.165) is 16.5 Å². The Morgan fingerprint density at radius 2 is 1.71 bits per heavy atom. The number of rotatable bonds is 12. The quantitative estimate of drug-likeness (QED) is 0.268. The highest BCUT2D eigenvalue weighted by atomic mass is 16.4. The number of carboxylic acids is 1. The molecular weight excluding hydrogens is 438 g/mol. The fourth-order valence-electron chi connectivity index (χ4n) is 3.65. The molecular formula is C24H35N5O5. The third kappa shape index (κ3) is 7.58. The van der Waals surface area contributed by atoms with Gasteiger partial charge in [0.2, 0.25) is 17.7 Å². The number of hydrogen-bond donors (Lipinski definition) is 6. The lowest BCUT2D eigenvalue weighted by Crippen LogP contribution is -2.55. The van der Waals surface area contributed by atoms with Gasteiger partial charge in [0.25, 0.3) is 0 Å². The molecule has 2 rings (SSSR count). The van der Waals surface area contributed by atoms with E-state index >= 15 is 0 Å². The van der Waals surface area contributed by atoms with E-state index in [-0.39, 0.29) is 24.8 Å². The van der Waals surface area contributed by atoms with Crippen molar-refractivity contribution in [1.29, 1.82) is 0 Å². The summed E-state index contributed by atoms with van der Waals surface area (Å²) in [5.74, 6) is -2.89. The number of amides is 3. The first-order valence-electron chi connectivity index (χ1n) is 11.4. The second-order valence-electron chi connectivity index (χ2n) is 9.21. The molecule has 186 valence electrons. The van der Waals surface area contributed by atoms with E-state index in [4.69, 9.17) is 5.73 Å². The maximum absolute atomic E-state index is 12.9. The van der Waals surface area contributed by atoms with Crippen LogP contribution in [0, 0.1) is 11.8 Å². The lowest BCUT2D eigenvalue weighted by atomic mass is 10.0. The average Bonchev–Trinajstić information content (AvgIpc) is 3.17. The lowest BCUT2D eigenvalue weighted by molar-refractivity contribution is -0.142. The van der Waals surface area contributed by atoms with Crippen LogP contribution in [0.3, 0.4) is 0 Å². The Labute approximate surface area is 199 Å². The summed E-state index contributed by atoms with van der Waals surface area (Å²) >= 11 is 0. The third-order valence-corrected chi connectivity index (χ3v) is 5.46. The van der Waals surface area contributed by atoms with Gasteiger partial charge in [0.1, 0.15) is 12.1 Å². The molecule has 3 unspecified atom stereocenters. The van der Waals surface area contributed by atoms with Gasteiger partial charge in [0.05, 0.1) is 12.6 Å². The Balaban J connectivity index is 1.99. The molecule has 0 aliphatic heterocycles. The van der Waals surface area contributed by atoms with Crippen molar-refractivity contribution in [2.24, 2.45) is 17.6 Å². The van der Waals surface area contributed by atoms with E-state index in [2.05, 4.69) is 20.9 Å². The highest BCUT2D eigenvalue weighted by Crippen LogP contribution is 2.19. The predicted octanol–water partition coefficient (Wildman–Crippen LogP) is 0.910. The van der Waals surface area contributed by atoms with Gasteiger partial charge in [0, 0.05) is 23.5 Å². The van der Waals surface area contributed by atoms with Crippen molar-refractivity contribution in [3.8, 4) is 0 Å². The number of fused-ring (bicyclic) bond motifs is 1. The van der Waals surface area contributed by atoms with E-state index in [9.17, 15) is 24.3 Å². The lowest BCUT2D eigenvalue weighted by Gasteiger charge is -2.24. The fraction of sp³-hybridized carbons (Fsp3) is 0.500. The van der Waals surface area contributed by atoms with Crippen molar-refractivity contribution in [2.75, 3.05) is 6.54 Å². The molecule has 7 N–H and O–H groups in total. The van der Waals surface area contributed by atoms with Crippen LogP contribution in [0.4, 0.5) is 0 Å². The molecule has 0 bridgehead atoms. The minimum Gasteiger partial charge on any atom is -0.480 e. The summed E-state index contributed by atoms with van der Waals surface area (Å²) in [5, 5.41) is 18.1. The molecule has 0 fully saturated rings. The summed E-state index contributed by atoms with van der Waals surface area (Å²) in [6.07, 6.45) is 2.28. The number of aromatic nitrogens is 1. The zero-order valence-electron chi connectivity index (χ0n) is 20.1. The van der Waals surface area contributed by atoms with Crippen LogP contribution in [0.25, 0.3) is 10.9 Å². The van der Waals surface area contributed by atoms with Crippen molar-refractivity contribution in [3.05, 3.63) is 36.0 Å². The minimum atomic E-state index is -1.18. The highest BCUT2D eigenvalue weighted by Gasteiger charge is 2.29. The van der Waals surface area contributed by atoms with Crippen LogP contribution in [-0.2, 0) is 25.6 Å². The second-order valence-corrected chi connectivity index (χ2v) is 9.21. The van der Waals surface area contributed by atoms with Crippen molar-refractivity contribution in [1.82, 2.24) is 20.9 Å². The summed E-state index contributed by atoms with van der Waals surface area (Å²) in [5.41, 5.74) is 7.44. The predicted molar refractivity (Wildman–Crippen MR) is 129 cm³/mol. The van der Waals surface area contributed by atoms with E-state index in [1.54, 1.807) is 20.0 Å². The molecule has 0 aliphatic rings. The summed E-state index contributed by atoms with van der Waals surface area (Å²) in [6, 6.07) is 4.60. The monoisotopic (exact) mass is 473 g/mol. The van der Waals surface area contributed by atoms with Gasteiger partial charge in [-0.15, -0.1) is 0 Å². The van der Waals surface area contributed by atoms with Crippen LogP contribution in [0.1, 0.15) is 39.7 Å². The van der Waals surface area contributed by atoms with Gasteiger partial charge in [-0.2, -0.15) is 0 Å². The molecule has 3 atom stereocenters. The molecule has 1 heterocycles. The number of aromatic amines is 1. The van der Waals surface area contributed by atoms with Gasteiger partial charge >= 0.3 is 5.97 Å². The number of nitrogens with two attached hydrogens (primary N) is 1. The van der Waals surface area contributed by atoms with Crippen molar-refractivity contribution in [2.45, 2.75) is 58.7 Å². The minimum absolute atomic E-state index is 0.0770. The topological polar surface area (TPSA) is 166 Å². The largest absolute Gasteiger partial charge is 0.480 e. The Hall–Kier alpha value is -3.40. The van der Waals surface area contributed by atoms with E-state index < -0.39 is 41.8 Å². The number of carbonyl (C=O) groups excluding carboxylic acids is 3. The average molecular weight is 474 g/mol. The SMILES string of the molecule is CC(C)CC(N)C(=O)NCC(=O)NC(C(=O)NC(Cc1c[nH]c2ccccc12)C(=O)O)C(C)C. The standard InChI is InChI=1S/C24H35N5O5/c1-13(2)9-17(25)22(31)27-12-20(30)29-21(14(3)4)23(32)28-19(24(33)34)10-15-11-26-18-8-6-5-7-16(15)18/h5-8,11,13-14,17,19,21,26H,9-10,12,25H2,1-4H3,(H,27,31)(H,28,32)(H,29,30)(H,33,34). The summed E-state index contributed by atoms with van der Waals surface area (Å²) < 4.78 is 0. The third-order valence-electron chi connectivity index (χ3n) is 5.46. The van der Waals surface area contributed by atoms with Crippen molar-refractivity contribution < 1.29 is 24.3 Å². The first-order valence-corrected chi connectivity index (χ1v) is 11.4. The van der Waals surface area contributed by atoms with Crippen molar-refractivity contribution in [3.63, 3.8) is 0 Å². The van der Waals surface area contributed by atoms with Gasteiger partial charge in [-0.05, 0) is 29.9 Å². The molecule has 0 aliphatic carbocycles. The van der Waals surface area contributed by atoms with Gasteiger partial charge in [0.15, 0.2) is 0 Å². The van der Waals surface area contributed by atoms with Gasteiger partial charge in [-0.3, -0.25) is 14.4 Å². The van der Waals surface area contributed by atoms with Crippen molar-refractivity contribution >= 4 is 34.6 Å². The number of nitrogens with one attached hydrogen (secondary N) is 4. The van der Waals surface area contributed by atoms with Crippen LogP contribution in [-0.4, -0.2) is 58.5 Å². The molecule has 10 nitrogen and oxygen atoms in total. The maximum atomic E-state index is 12.9. The first kappa shape index (κ1) is 26.8. The first-order chi connectivity index (χ1) is 16.0. The molecule has 0 saturated heterocycles. The van der Waals surface area contributed by atoms with Crippen LogP contribution < -0.4 is 21.7 Å². The maximum Gasteiger partial charge on any atom is 0.326 e. The fourth-order valence-corrected chi connectivity index (χ4v) is 3.65. The van der Waals surface area contributed by atoms with Gasteiger partial charge < -0.3 is 31.8 Å². The van der Waals surface area contributed by atoms with E-state index in [1.165, 1.54) is 0 Å². The van der Waals surface area contributed by atoms with Gasteiger partial charge in [-0.1, -0.05) is 45.9 Å². The highest BCUT2D eigenvalue weighted by molar-refractivity contribution is 5.93. The molecule has 1 aromatic carbocycles. The van der Waals surface area contributed by atoms with Gasteiger partial charge in [-0.25, -0.2) is 4.79 Å². The Morgan fingerprint density at radius 1 is 1.03 bits per heavy atom. The molecule has 2 aromatic rings. The number of hydrogen-bond acceptors (Lipinski definition) is 5. The molecule has 10 heteroatoms. The summed E-state index contributed by atoms with van der Waals surface area (Å²) in [6.45, 7) is 7.01. The zero-order valence-corrected chi connectivity index (χ0v) is 20.1. The molecule has 0 saturated carbocycles. The molecule has 3 amide bonds. The number of carboxylic acid groups (broad SMARTS) is 1.